The Morgan fingerprint density at radius 2 is 1.46 bits per heavy atom. The van der Waals surface area contributed by atoms with E-state index in [1.807, 2.05) is 6.21 Å². The molecule has 2 heterocycles. The monoisotopic (exact) mass is 341 g/mol. The fraction of sp³-hybridized carbons (Fsp3) is 0.174. The van der Waals surface area contributed by atoms with E-state index < -0.39 is 0 Å². The van der Waals surface area contributed by atoms with Crippen molar-refractivity contribution >= 4 is 22.8 Å². The average molecular weight is 341 g/mol. The van der Waals surface area contributed by atoms with Gasteiger partial charge in [-0.3, -0.25) is 4.99 Å². The molecule has 4 rings (SSSR count). The molecule has 130 valence electrons. The molecule has 4 aromatic rings. The summed E-state index contributed by atoms with van der Waals surface area (Å²) in [5, 5.41) is 1.24. The van der Waals surface area contributed by atoms with Crippen LogP contribution in [0.15, 0.2) is 65.7 Å². The Balaban J connectivity index is 1.67. The molecule has 0 radical (unpaired) electrons. The minimum Gasteiger partial charge on any atom is -0.347 e. The number of rotatable bonds is 3. The van der Waals surface area contributed by atoms with E-state index in [0.717, 1.165) is 5.69 Å². The summed E-state index contributed by atoms with van der Waals surface area (Å²) in [7, 11) is 2.10. The molecule has 26 heavy (non-hydrogen) atoms. The summed E-state index contributed by atoms with van der Waals surface area (Å²) in [6.07, 6.45) is 1.98. The van der Waals surface area contributed by atoms with Crippen molar-refractivity contribution < 1.29 is 0 Å². The van der Waals surface area contributed by atoms with Gasteiger partial charge in [0, 0.05) is 52.5 Å². The van der Waals surface area contributed by atoms with Crippen molar-refractivity contribution in [2.75, 3.05) is 0 Å². The Kier molecular flexibility index (Phi) is 4.00. The molecule has 3 nitrogen and oxygen atoms in total. The number of hydrogen-bond acceptors (Lipinski definition) is 1. The molecule has 0 spiro atoms. The first-order valence-corrected chi connectivity index (χ1v) is 8.90. The van der Waals surface area contributed by atoms with Gasteiger partial charge in [-0.2, -0.15) is 0 Å². The molecule has 0 bridgehead atoms. The quantitative estimate of drug-likeness (QED) is 0.430. The van der Waals surface area contributed by atoms with Crippen LogP contribution in [0.1, 0.15) is 22.6 Å². The van der Waals surface area contributed by atoms with Gasteiger partial charge in [0.1, 0.15) is 0 Å². The van der Waals surface area contributed by atoms with Gasteiger partial charge in [-0.05, 0) is 63.2 Å². The van der Waals surface area contributed by atoms with Gasteiger partial charge in [-0.1, -0.05) is 18.2 Å². The van der Waals surface area contributed by atoms with Crippen LogP contribution >= 0.6 is 0 Å². The highest BCUT2D eigenvalue weighted by molar-refractivity contribution is 6.01. The van der Waals surface area contributed by atoms with E-state index in [4.69, 9.17) is 4.99 Å². The van der Waals surface area contributed by atoms with Crippen molar-refractivity contribution in [3.63, 3.8) is 0 Å². The van der Waals surface area contributed by atoms with E-state index in [-0.39, 0.29) is 0 Å². The zero-order valence-corrected chi connectivity index (χ0v) is 15.7. The second kappa shape index (κ2) is 6.34. The fourth-order valence-corrected chi connectivity index (χ4v) is 3.62. The van der Waals surface area contributed by atoms with Crippen LogP contribution in [0.25, 0.3) is 16.6 Å². The molecular weight excluding hydrogens is 318 g/mol. The van der Waals surface area contributed by atoms with E-state index in [2.05, 4.69) is 97.6 Å². The predicted molar refractivity (Wildman–Crippen MR) is 110 cm³/mol. The largest absolute Gasteiger partial charge is 0.347 e. The van der Waals surface area contributed by atoms with E-state index in [9.17, 15) is 0 Å². The number of nitrogens with zero attached hydrogens (tertiary/aromatic N) is 3. The molecular formula is C23H23N3. The van der Waals surface area contributed by atoms with Gasteiger partial charge in [-0.25, -0.2) is 0 Å². The highest BCUT2D eigenvalue weighted by atomic mass is 15.0. The summed E-state index contributed by atoms with van der Waals surface area (Å²) in [6.45, 7) is 6.40. The minimum atomic E-state index is 0.962. The topological polar surface area (TPSA) is 22.2 Å². The number of fused-ring (bicyclic) bond motifs is 1. The zero-order chi connectivity index (χ0) is 18.3. The maximum absolute atomic E-state index is 4.72. The predicted octanol–water partition coefficient (Wildman–Crippen LogP) is 5.64. The van der Waals surface area contributed by atoms with Crippen molar-refractivity contribution in [3.05, 3.63) is 83.3 Å². The van der Waals surface area contributed by atoms with E-state index in [1.54, 1.807) is 0 Å². The van der Waals surface area contributed by atoms with Gasteiger partial charge in [0.15, 0.2) is 0 Å². The third-order valence-electron chi connectivity index (χ3n) is 5.17. The van der Waals surface area contributed by atoms with Gasteiger partial charge in [0.25, 0.3) is 0 Å². The van der Waals surface area contributed by atoms with Gasteiger partial charge in [0.05, 0.1) is 5.69 Å². The highest BCUT2D eigenvalue weighted by Gasteiger charge is 2.09. The third kappa shape index (κ3) is 2.66. The molecule has 0 amide bonds. The Bertz CT molecular complexity index is 1090. The van der Waals surface area contributed by atoms with Crippen LogP contribution in [0.4, 0.5) is 5.69 Å². The number of aryl methyl sites for hydroxylation is 3. The van der Waals surface area contributed by atoms with Crippen LogP contribution in [-0.4, -0.2) is 15.3 Å². The number of aromatic nitrogens is 2. The van der Waals surface area contributed by atoms with Gasteiger partial charge >= 0.3 is 0 Å². The molecule has 0 unspecified atom stereocenters. The molecule has 2 aromatic carbocycles. The van der Waals surface area contributed by atoms with Gasteiger partial charge in [-0.15, -0.1) is 0 Å². The summed E-state index contributed by atoms with van der Waals surface area (Å²) in [5.41, 5.74) is 8.26. The summed E-state index contributed by atoms with van der Waals surface area (Å²) in [4.78, 5) is 4.72. The van der Waals surface area contributed by atoms with Crippen molar-refractivity contribution in [2.24, 2.45) is 12.0 Å². The molecule has 0 aliphatic carbocycles. The first kappa shape index (κ1) is 16.4. The summed E-state index contributed by atoms with van der Waals surface area (Å²) >= 11 is 0. The van der Waals surface area contributed by atoms with Crippen molar-refractivity contribution in [1.82, 2.24) is 9.13 Å². The lowest BCUT2D eigenvalue weighted by atomic mass is 10.1. The van der Waals surface area contributed by atoms with Crippen LogP contribution in [0.3, 0.4) is 0 Å². The zero-order valence-electron chi connectivity index (χ0n) is 15.7. The first-order valence-electron chi connectivity index (χ1n) is 8.90. The van der Waals surface area contributed by atoms with E-state index in [0.29, 0.717) is 0 Å². The first-order chi connectivity index (χ1) is 12.6. The van der Waals surface area contributed by atoms with Crippen LogP contribution in [0.2, 0.25) is 0 Å². The third-order valence-corrected chi connectivity index (χ3v) is 5.17. The lowest BCUT2D eigenvalue weighted by molar-refractivity contribution is 0.917. The maximum Gasteiger partial charge on any atom is 0.0631 e. The minimum absolute atomic E-state index is 0.962. The lowest BCUT2D eigenvalue weighted by Crippen LogP contribution is -1.97. The lowest BCUT2D eigenvalue weighted by Gasteiger charge is -2.09. The van der Waals surface area contributed by atoms with Crippen LogP contribution < -0.4 is 0 Å². The molecule has 2 aromatic heterocycles. The molecule has 0 saturated carbocycles. The Morgan fingerprint density at radius 3 is 2.15 bits per heavy atom. The number of benzene rings is 2. The fourth-order valence-electron chi connectivity index (χ4n) is 3.62. The Morgan fingerprint density at radius 1 is 0.808 bits per heavy atom. The number of hydrogen-bond donors (Lipinski definition) is 0. The van der Waals surface area contributed by atoms with Crippen LogP contribution in [-0.2, 0) is 7.05 Å². The smallest absolute Gasteiger partial charge is 0.0631 e. The molecule has 0 N–H and O–H groups in total. The number of para-hydroxylation sites is 1. The van der Waals surface area contributed by atoms with Crippen molar-refractivity contribution in [3.8, 4) is 5.69 Å². The van der Waals surface area contributed by atoms with Crippen molar-refractivity contribution in [1.29, 1.82) is 0 Å². The Hall–Kier alpha value is -3.07. The van der Waals surface area contributed by atoms with E-state index >= 15 is 0 Å². The van der Waals surface area contributed by atoms with Gasteiger partial charge in [0.2, 0.25) is 0 Å². The molecule has 0 aliphatic rings. The molecule has 0 atom stereocenters. The van der Waals surface area contributed by atoms with Crippen molar-refractivity contribution in [2.45, 2.75) is 20.8 Å². The summed E-state index contributed by atoms with van der Waals surface area (Å²) in [5.74, 6) is 0. The van der Waals surface area contributed by atoms with Gasteiger partial charge < -0.3 is 9.13 Å². The molecule has 0 fully saturated rings. The molecule has 0 saturated heterocycles. The average Bonchev–Trinajstić information content (AvgIpc) is 3.11. The molecule has 0 aliphatic heterocycles. The van der Waals surface area contributed by atoms with Crippen LogP contribution in [0.5, 0.6) is 0 Å². The highest BCUT2D eigenvalue weighted by Crippen LogP contribution is 2.25. The SMILES string of the molecule is Cc1ccc(C)n1-c1ccc(N=Cc2c(C)n(C)c3ccccc23)cc1. The standard InChI is InChI=1S/C23H23N3/c1-16-9-10-17(2)26(16)20-13-11-19(12-14-20)24-15-22-18(3)25(4)23-8-6-5-7-21(22)23/h5-15H,1-4H3. The Labute approximate surface area is 154 Å². The van der Waals surface area contributed by atoms with Crippen LogP contribution in [0, 0.1) is 20.8 Å². The normalized spacial score (nSPS) is 11.7. The van der Waals surface area contributed by atoms with E-state index in [1.165, 1.54) is 39.2 Å². The molecule has 3 heteroatoms. The summed E-state index contributed by atoms with van der Waals surface area (Å²) in [6, 6.07) is 21.2. The second-order valence-corrected chi connectivity index (χ2v) is 6.80. The second-order valence-electron chi connectivity index (χ2n) is 6.80. The maximum atomic E-state index is 4.72. The summed E-state index contributed by atoms with van der Waals surface area (Å²) < 4.78 is 4.47. The number of aliphatic imine (C=N–C) groups is 1.